The molecule has 0 unspecified atom stereocenters. The molecule has 0 aromatic rings. The van der Waals surface area contributed by atoms with Crippen LogP contribution in [-0.4, -0.2) is 41.3 Å². The molecule has 0 atom stereocenters. The first kappa shape index (κ1) is 27.3. The Balaban J connectivity index is 0. The molecule has 0 N–H and O–H groups in total. The zero-order valence-electron chi connectivity index (χ0n) is 2.36. The molecule has 0 rings (SSSR count). The van der Waals surface area contributed by atoms with Crippen LogP contribution in [0.3, 0.4) is 0 Å². The number of hydrogen-bond acceptors (Lipinski definition) is 0. The van der Waals surface area contributed by atoms with Crippen molar-refractivity contribution in [2.24, 2.45) is 0 Å². The van der Waals surface area contributed by atoms with Gasteiger partial charge in [-0.1, -0.05) is 0 Å². The van der Waals surface area contributed by atoms with Crippen molar-refractivity contribution in [3.63, 3.8) is 0 Å². The van der Waals surface area contributed by atoms with E-state index >= 15 is 0 Å². The zero-order valence-corrected chi connectivity index (χ0v) is 13.0. The van der Waals surface area contributed by atoms with Crippen LogP contribution in [0.1, 0.15) is 0 Å². The molecule has 4 heavy (non-hydrogen) atoms. The smallest absolute Gasteiger partial charge is 0 e. The van der Waals surface area contributed by atoms with Crippen molar-refractivity contribution in [3.05, 3.63) is 0 Å². The molecule has 0 saturated heterocycles. The van der Waals surface area contributed by atoms with Gasteiger partial charge in [-0.05, 0) is 0 Å². The predicted molar refractivity (Wildman–Crippen MR) is 11.5 cm³/mol. The Morgan fingerprint density at radius 2 is 1.00 bits per heavy atom. The van der Waals surface area contributed by atoms with E-state index in [4.69, 9.17) is 0 Å². The molecule has 12 valence electrons. The van der Waals surface area contributed by atoms with Crippen molar-refractivity contribution in [3.8, 4) is 0 Å². The van der Waals surface area contributed by atoms with Crippen molar-refractivity contribution in [1.29, 1.82) is 0 Å². The molecule has 0 heterocycles. The zero-order chi connectivity index (χ0) is 0. The normalized spacial score (nSPS) is 0. The second-order valence-corrected chi connectivity index (χ2v) is 0. The topological polar surface area (TPSA) is 0 Å². The molecule has 4 heteroatoms. The maximum absolute atomic E-state index is 0. The van der Waals surface area contributed by atoms with Gasteiger partial charge in [0.2, 0.25) is 0 Å². The van der Waals surface area contributed by atoms with Crippen LogP contribution in [-0.2, 0) is 19.5 Å². The summed E-state index contributed by atoms with van der Waals surface area (Å²) in [5.41, 5.74) is 0. The molecule has 0 bridgehead atoms. The minimum atomic E-state index is 0. The van der Waals surface area contributed by atoms with Gasteiger partial charge in [-0.15, -0.1) is 0 Å². The Labute approximate surface area is 94.3 Å². The van der Waals surface area contributed by atoms with Crippen molar-refractivity contribution < 1.29 is 55.1 Å². The van der Waals surface area contributed by atoms with E-state index in [1.54, 1.807) is 0 Å². The Morgan fingerprint density at radius 3 is 1.00 bits per heavy atom. The van der Waals surface area contributed by atoms with Gasteiger partial charge in [-0.3, -0.25) is 0 Å². The van der Waals surface area contributed by atoms with Crippen LogP contribution in [0.25, 0.3) is 0 Å². The molecule has 8 radical (unpaired) electrons. The summed E-state index contributed by atoms with van der Waals surface area (Å²) in [6.45, 7) is 0. The van der Waals surface area contributed by atoms with E-state index in [0.29, 0.717) is 0 Å². The van der Waals surface area contributed by atoms with Crippen LogP contribution < -0.4 is 0 Å². The molecule has 0 aliphatic heterocycles. The standard InChI is InChI=1S/Al.La.Sn.Zn. The predicted octanol–water partition coefficient (Wildman–Crippen LogP) is -0.764. The summed E-state index contributed by atoms with van der Waals surface area (Å²) in [5, 5.41) is 0. The molecule has 0 aliphatic rings. The largest absolute Gasteiger partial charge is 0 e. The fourth-order valence-electron chi connectivity index (χ4n) is 0. The second kappa shape index (κ2) is 16.4. The van der Waals surface area contributed by atoms with E-state index in [-0.39, 0.29) is 96.3 Å². The SMILES string of the molecule is [Al].[La].[Sn].[Zn]. The fraction of sp³-hybridized carbons (Fsp3) is 0. The van der Waals surface area contributed by atoms with E-state index in [1.807, 2.05) is 0 Å². The van der Waals surface area contributed by atoms with Crippen LogP contribution in [0.5, 0.6) is 0 Å². The summed E-state index contributed by atoms with van der Waals surface area (Å²) in [7, 11) is 0. The third kappa shape index (κ3) is 8.94. The average molecular weight is 350 g/mol. The van der Waals surface area contributed by atoms with Crippen LogP contribution >= 0.6 is 0 Å². The summed E-state index contributed by atoms with van der Waals surface area (Å²) >= 11 is 0. The quantitative estimate of drug-likeness (QED) is 0.504. The minimum absolute atomic E-state index is 0. The number of rotatable bonds is 0. The van der Waals surface area contributed by atoms with Crippen molar-refractivity contribution in [2.45, 2.75) is 0 Å². The third-order valence-electron chi connectivity index (χ3n) is 0. The van der Waals surface area contributed by atoms with E-state index in [0.717, 1.165) is 0 Å². The summed E-state index contributed by atoms with van der Waals surface area (Å²) in [6.07, 6.45) is 0. The first-order valence-corrected chi connectivity index (χ1v) is 0. The Kier molecular flexibility index (Phi) is 112. The average Bonchev–Trinajstić information content (AvgIpc) is 0. The fourth-order valence-corrected chi connectivity index (χ4v) is 0. The molecule has 0 saturated carbocycles. The Morgan fingerprint density at radius 1 is 1.00 bits per heavy atom. The summed E-state index contributed by atoms with van der Waals surface area (Å²) in [6, 6.07) is 0. The van der Waals surface area contributed by atoms with Gasteiger partial charge in [-0.25, -0.2) is 0 Å². The molecule has 0 aromatic heterocycles. The van der Waals surface area contributed by atoms with Crippen molar-refractivity contribution in [2.75, 3.05) is 0 Å². The minimum Gasteiger partial charge on any atom is 0 e. The van der Waals surface area contributed by atoms with E-state index < -0.39 is 0 Å². The van der Waals surface area contributed by atoms with Crippen LogP contribution in [0.2, 0.25) is 0 Å². The summed E-state index contributed by atoms with van der Waals surface area (Å²) in [4.78, 5) is 0. The molecule has 0 nitrogen and oxygen atoms in total. The van der Waals surface area contributed by atoms with Crippen LogP contribution in [0.4, 0.5) is 0 Å². The first-order valence-electron chi connectivity index (χ1n) is 0. The Bertz CT molecular complexity index is 8.00. The van der Waals surface area contributed by atoms with Gasteiger partial charge in [0.15, 0.2) is 0 Å². The Hall–Kier alpha value is 3.15. The molecule has 0 aromatic carbocycles. The second-order valence-electron chi connectivity index (χ2n) is 0. The molecule has 0 spiro atoms. The molecular weight excluding hydrogens is 350 g/mol. The van der Waals surface area contributed by atoms with Gasteiger partial charge in [0.05, 0.1) is 0 Å². The van der Waals surface area contributed by atoms with Crippen LogP contribution in [0.15, 0.2) is 0 Å². The number of hydrogen-bond donors (Lipinski definition) is 0. The van der Waals surface area contributed by atoms with E-state index in [9.17, 15) is 0 Å². The maximum atomic E-state index is 0. The maximum Gasteiger partial charge on any atom is 0 e. The third-order valence-corrected chi connectivity index (χ3v) is 0. The van der Waals surface area contributed by atoms with Gasteiger partial charge in [-0.2, -0.15) is 0 Å². The first-order chi connectivity index (χ1) is 0. The van der Waals surface area contributed by atoms with Crippen LogP contribution in [0, 0.1) is 35.6 Å². The van der Waals surface area contributed by atoms with Gasteiger partial charge < -0.3 is 0 Å². The van der Waals surface area contributed by atoms with E-state index in [1.165, 1.54) is 0 Å². The molecule has 0 fully saturated rings. The molecular formula is AlLaSnZn. The summed E-state index contributed by atoms with van der Waals surface area (Å²) in [5.74, 6) is 0. The van der Waals surface area contributed by atoms with Gasteiger partial charge in [0, 0.05) is 96.3 Å². The molecule has 0 aliphatic carbocycles. The van der Waals surface area contributed by atoms with Crippen molar-refractivity contribution in [1.82, 2.24) is 0 Å². The van der Waals surface area contributed by atoms with Crippen molar-refractivity contribution >= 4 is 41.3 Å². The van der Waals surface area contributed by atoms with Gasteiger partial charge >= 0.3 is 0 Å². The van der Waals surface area contributed by atoms with Gasteiger partial charge in [0.25, 0.3) is 0 Å². The monoisotopic (exact) mass is 350 g/mol. The van der Waals surface area contributed by atoms with E-state index in [2.05, 4.69) is 0 Å². The molecule has 0 amide bonds. The van der Waals surface area contributed by atoms with Gasteiger partial charge in [0.1, 0.15) is 0 Å². The summed E-state index contributed by atoms with van der Waals surface area (Å²) < 4.78 is 0.